The molecule has 274 valence electrons. The number of hydrogen-bond acceptors (Lipinski definition) is 12. The van der Waals surface area contributed by atoms with Gasteiger partial charge in [-0.25, -0.2) is 0 Å². The van der Waals surface area contributed by atoms with Crippen molar-refractivity contribution in [1.29, 1.82) is 0 Å². The number of hydroxylamine groups is 4. The maximum atomic E-state index is 10.7. The number of nitrogens with one attached hydrogen (secondary N) is 4. The molecule has 22 N–H and O–H groups in total. The largest absolute Gasteiger partial charge is 2.00 e. The van der Waals surface area contributed by atoms with Gasteiger partial charge in [-0.15, -0.1) is 0 Å². The van der Waals surface area contributed by atoms with E-state index in [2.05, 4.69) is 0 Å². The maximum Gasteiger partial charge on any atom is 2.00 e. The fourth-order valence-corrected chi connectivity index (χ4v) is 2.77. The fourth-order valence-electron chi connectivity index (χ4n) is 2.77. The summed E-state index contributed by atoms with van der Waals surface area (Å²) < 4.78 is 0. The Morgan fingerprint density at radius 1 is 0.360 bits per heavy atom. The van der Waals surface area contributed by atoms with E-state index in [0.29, 0.717) is 45.0 Å². The van der Waals surface area contributed by atoms with Crippen LogP contribution in [-0.4, -0.2) is 34.6 Å². The first-order valence-corrected chi connectivity index (χ1v) is 12.1. The first-order chi connectivity index (χ1) is 20.9. The molecule has 0 aromatic heterocycles. The zero-order valence-corrected chi connectivity index (χ0v) is 28.1. The maximum absolute atomic E-state index is 10.7. The van der Waals surface area contributed by atoms with Crippen molar-refractivity contribution in [2.24, 2.45) is 0 Å². The Bertz CT molecular complexity index is 1270. The van der Waals surface area contributed by atoms with Gasteiger partial charge >= 0.3 is 34.1 Å². The summed E-state index contributed by atoms with van der Waals surface area (Å²) in [6.45, 7) is 0. The van der Waals surface area contributed by atoms with E-state index >= 15 is 0 Å². The summed E-state index contributed by atoms with van der Waals surface area (Å²) in [5.41, 5.74) is 30.0. The van der Waals surface area contributed by atoms with Crippen molar-refractivity contribution in [2.75, 3.05) is 22.9 Å². The van der Waals surface area contributed by atoms with Crippen LogP contribution in [0.5, 0.6) is 0 Å². The van der Waals surface area contributed by atoms with Crippen LogP contribution in [0.15, 0.2) is 97.1 Å². The summed E-state index contributed by atoms with van der Waals surface area (Å²) in [7, 11) is 0. The van der Waals surface area contributed by atoms with E-state index in [9.17, 15) is 40.0 Å². The van der Waals surface area contributed by atoms with Crippen molar-refractivity contribution >= 4 is 46.4 Å². The fraction of sp³-hybridized carbons (Fsp3) is 0. The van der Waals surface area contributed by atoms with E-state index in [1.807, 2.05) is 0 Å². The second kappa shape index (κ2) is 31.0. The van der Waals surface area contributed by atoms with Crippen molar-refractivity contribution in [1.82, 2.24) is 21.9 Å². The van der Waals surface area contributed by atoms with Gasteiger partial charge < -0.3 is 87.6 Å². The summed E-state index contributed by atoms with van der Waals surface area (Å²) in [4.78, 5) is 42.6. The van der Waals surface area contributed by atoms with Crippen LogP contribution in [0.25, 0.3) is 0 Å². The van der Waals surface area contributed by atoms with Crippen molar-refractivity contribution in [3.8, 4) is 0 Å². The van der Waals surface area contributed by atoms with Crippen LogP contribution in [0.2, 0.25) is 0 Å². The number of carbonyl (C=O) groups is 4. The molecule has 0 aliphatic heterocycles. The molecule has 0 saturated heterocycles. The summed E-state index contributed by atoms with van der Waals surface area (Å²) in [6.07, 6.45) is 0. The smallest absolute Gasteiger partial charge is 0.759 e. The molecule has 0 heterocycles. The zero-order valence-electron chi connectivity index (χ0n) is 25.7. The molecule has 4 rings (SSSR count). The predicted molar refractivity (Wildman–Crippen MR) is 184 cm³/mol. The Hall–Kier alpha value is -5.32. The van der Waals surface area contributed by atoms with Crippen molar-refractivity contribution in [2.45, 2.75) is 0 Å². The third-order valence-corrected chi connectivity index (χ3v) is 5.06. The summed E-state index contributed by atoms with van der Waals surface area (Å²) in [5.74, 6) is -2.59. The second-order valence-corrected chi connectivity index (χ2v) is 8.21. The van der Waals surface area contributed by atoms with Gasteiger partial charge in [0.1, 0.15) is 0 Å². The number of nitrogens with two attached hydrogens (primary N) is 4. The van der Waals surface area contributed by atoms with Gasteiger partial charge in [0.2, 0.25) is 23.6 Å². The summed E-state index contributed by atoms with van der Waals surface area (Å²) >= 11 is 0. The van der Waals surface area contributed by atoms with E-state index in [-0.39, 0.29) is 56.0 Å². The molecule has 20 nitrogen and oxygen atoms in total. The Kier molecular flexibility index (Phi) is 35.3. The summed E-state index contributed by atoms with van der Waals surface area (Å²) in [6, 6.07) is 24.4. The molecule has 0 aliphatic rings. The normalized spacial score (nSPS) is 8.08. The molecule has 0 fully saturated rings. The van der Waals surface area contributed by atoms with E-state index < -0.39 is 23.6 Å². The van der Waals surface area contributed by atoms with E-state index in [1.54, 1.807) is 48.5 Å². The van der Waals surface area contributed by atoms with E-state index in [1.165, 1.54) is 70.5 Å². The zero-order chi connectivity index (χ0) is 33.1. The third kappa shape index (κ3) is 21.5. The van der Waals surface area contributed by atoms with Gasteiger partial charge in [0.15, 0.2) is 0 Å². The van der Waals surface area contributed by atoms with Crippen molar-refractivity contribution in [3.05, 3.63) is 140 Å². The summed E-state index contributed by atoms with van der Waals surface area (Å²) in [5, 5.41) is 39.5. The third-order valence-electron chi connectivity index (χ3n) is 5.06. The van der Waals surface area contributed by atoms with Crippen LogP contribution in [0.3, 0.4) is 0 Å². The van der Waals surface area contributed by atoms with Crippen LogP contribution in [0.4, 0.5) is 22.7 Å². The molecule has 0 spiro atoms. The quantitative estimate of drug-likeness (QED) is 0.0506. The van der Waals surface area contributed by atoms with Gasteiger partial charge in [0, 0.05) is 45.0 Å². The Morgan fingerprint density at radius 3 is 0.580 bits per heavy atom. The molecule has 22 heteroatoms. The first kappa shape index (κ1) is 57.0. The first-order valence-electron chi connectivity index (χ1n) is 12.1. The minimum atomic E-state index is -0.648. The minimum absolute atomic E-state index is 0. The van der Waals surface area contributed by atoms with Crippen molar-refractivity contribution in [3.63, 3.8) is 0 Å². The van der Waals surface area contributed by atoms with Crippen LogP contribution < -0.4 is 44.9 Å². The van der Waals surface area contributed by atoms with Crippen LogP contribution in [0, 0.1) is 20.8 Å². The second-order valence-electron chi connectivity index (χ2n) is 8.21. The van der Waals surface area contributed by atoms with Crippen LogP contribution in [0.1, 0.15) is 41.4 Å². The molecule has 0 saturated carbocycles. The predicted octanol–water partition coefficient (Wildman–Crippen LogP) is -1.51. The molecule has 0 aliphatic carbocycles. The number of carbonyl (C=O) groups excluding carboxylic acids is 4. The minimum Gasteiger partial charge on any atom is -0.759 e. The Labute approximate surface area is 305 Å². The van der Waals surface area contributed by atoms with E-state index in [0.717, 1.165) is 0 Å². The van der Waals surface area contributed by atoms with Gasteiger partial charge in [0.25, 0.3) is 0 Å². The average molecular weight is 789 g/mol. The number of amides is 4. The Morgan fingerprint density at radius 2 is 0.480 bits per heavy atom. The molecule has 50 heavy (non-hydrogen) atoms. The van der Waals surface area contributed by atoms with Gasteiger partial charge in [-0.05, 0) is 97.1 Å². The number of nitrogen functional groups attached to an aromatic ring is 4. The molecule has 4 aromatic carbocycles. The van der Waals surface area contributed by atoms with Crippen LogP contribution in [-0.2, 0) is 45.1 Å². The number of anilines is 4. The molecule has 4 amide bonds. The monoisotopic (exact) mass is 788 g/mol. The molecule has 0 unspecified atom stereocenters. The van der Waals surface area contributed by atoms with Gasteiger partial charge in [-0.1, -0.05) is 0 Å². The molecule has 0 atom stereocenters. The molecular weight excluding hydrogens is 750 g/mol. The number of benzene rings is 4. The van der Waals surface area contributed by atoms with Gasteiger partial charge in [-0.2, -0.15) is 0 Å². The average Bonchev–Trinajstić information content (AvgIpc) is 3.05. The van der Waals surface area contributed by atoms with Gasteiger partial charge in [-0.3, -0.25) is 19.2 Å². The van der Waals surface area contributed by atoms with E-state index in [4.69, 9.17) is 22.9 Å². The SMILES string of the molecule is Nc1ccc(C(=O)N[O-])cc1.Nc1ccc(C(=O)N[O-])cc1.Nc1ccc(C(=O)N[O-])cc1.Nc1ccc(C(=O)N[O-])cc1.O.O.[Mn+2].[Mn+2].[OH3+].[OH3+]. The molecular formula is C28H38Mn2N8O12+2. The standard InChI is InChI=1S/4C7H7N2O2.2Mn.4H2O/c4*8-6-3-1-5(2-4-6)7(10)9-11;;;;;;/h4*1-4H,(H3-,8,9,10,11);;;4*1H2/q4*-1;2*+2;;;;/p+2. The molecule has 0 bridgehead atoms. The Balaban J connectivity index is -0.000000124. The number of rotatable bonds is 4. The van der Waals surface area contributed by atoms with Crippen LogP contribution >= 0.6 is 0 Å². The van der Waals surface area contributed by atoms with Crippen molar-refractivity contribution < 1.29 is 75.2 Å². The number of hydrogen-bond donors (Lipinski definition) is 8. The topological polar surface area (TPSA) is 442 Å². The molecule has 4 aromatic rings. The molecule has 2 radical (unpaired) electrons. The van der Waals surface area contributed by atoms with Gasteiger partial charge in [0.05, 0.1) is 0 Å².